The van der Waals surface area contributed by atoms with Crippen molar-refractivity contribution in [3.05, 3.63) is 55.7 Å². The summed E-state index contributed by atoms with van der Waals surface area (Å²) in [6.07, 6.45) is 3.19. The van der Waals surface area contributed by atoms with E-state index in [2.05, 4.69) is 34.1 Å². The van der Waals surface area contributed by atoms with Gasteiger partial charge in [-0.3, -0.25) is 4.79 Å². The third kappa shape index (κ3) is 2.41. The molecule has 1 nitrogen and oxygen atoms in total. The van der Waals surface area contributed by atoms with Crippen LogP contribution < -0.4 is 0 Å². The summed E-state index contributed by atoms with van der Waals surface area (Å²) >= 11 is 5.09. The molecule has 1 aromatic heterocycles. The number of carbonyl (C=O) groups is 1. The Bertz CT molecular complexity index is 610. The Labute approximate surface area is 125 Å². The Balaban J connectivity index is 1.97. The van der Waals surface area contributed by atoms with E-state index in [1.54, 1.807) is 11.3 Å². The van der Waals surface area contributed by atoms with Crippen molar-refractivity contribution in [3.63, 3.8) is 0 Å². The van der Waals surface area contributed by atoms with Crippen LogP contribution >= 0.6 is 27.3 Å². The van der Waals surface area contributed by atoms with Gasteiger partial charge in [0.25, 0.3) is 0 Å². The molecule has 1 atom stereocenters. The molecule has 0 radical (unpaired) electrons. The number of benzene rings is 1. The number of halogens is 1. The van der Waals surface area contributed by atoms with E-state index in [-0.39, 0.29) is 11.7 Å². The van der Waals surface area contributed by atoms with E-state index >= 15 is 0 Å². The average Bonchev–Trinajstić information content (AvgIpc) is 2.77. The van der Waals surface area contributed by atoms with Gasteiger partial charge in [-0.15, -0.1) is 11.3 Å². The number of rotatable bonds is 2. The largest absolute Gasteiger partial charge is 0.293 e. The number of aryl methyl sites for hydroxylation is 2. The summed E-state index contributed by atoms with van der Waals surface area (Å²) in [7, 11) is 0. The van der Waals surface area contributed by atoms with E-state index in [1.807, 2.05) is 19.1 Å². The lowest BCUT2D eigenvalue weighted by Gasteiger charge is -2.23. The second-order valence-corrected chi connectivity index (χ2v) is 7.13. The monoisotopic (exact) mass is 334 g/mol. The number of Topliss-reactive ketones (excluding diaryl/α,β-unsaturated/α-hetero) is 1. The summed E-state index contributed by atoms with van der Waals surface area (Å²) in [6.45, 7) is 2.04. The molecule has 0 N–H and O–H groups in total. The highest BCUT2D eigenvalue weighted by atomic mass is 79.9. The molecule has 0 bridgehead atoms. The van der Waals surface area contributed by atoms with E-state index in [9.17, 15) is 4.79 Å². The van der Waals surface area contributed by atoms with E-state index in [1.165, 1.54) is 16.0 Å². The van der Waals surface area contributed by atoms with Crippen molar-refractivity contribution in [1.82, 2.24) is 0 Å². The van der Waals surface area contributed by atoms with Crippen molar-refractivity contribution in [2.45, 2.75) is 32.1 Å². The van der Waals surface area contributed by atoms with Crippen LogP contribution in [0.5, 0.6) is 0 Å². The summed E-state index contributed by atoms with van der Waals surface area (Å²) in [6, 6.07) is 10.4. The van der Waals surface area contributed by atoms with E-state index in [0.717, 1.165) is 28.6 Å². The Morgan fingerprint density at radius 2 is 2.16 bits per heavy atom. The fourth-order valence-electron chi connectivity index (χ4n) is 2.78. The first-order valence-electron chi connectivity index (χ1n) is 6.55. The van der Waals surface area contributed by atoms with E-state index in [0.29, 0.717) is 0 Å². The molecule has 1 aliphatic carbocycles. The van der Waals surface area contributed by atoms with Crippen LogP contribution in [0.15, 0.2) is 34.8 Å². The van der Waals surface area contributed by atoms with Gasteiger partial charge in [-0.25, -0.2) is 0 Å². The molecule has 1 aliphatic rings. The smallest absolute Gasteiger partial charge is 0.180 e. The van der Waals surface area contributed by atoms with Crippen LogP contribution in [0.25, 0.3) is 0 Å². The molecule has 2 aromatic rings. The molecule has 0 amide bonds. The fourth-order valence-corrected chi connectivity index (χ4v) is 4.31. The zero-order valence-electron chi connectivity index (χ0n) is 10.8. The summed E-state index contributed by atoms with van der Waals surface area (Å²) in [4.78, 5) is 14.8. The Morgan fingerprint density at radius 3 is 2.89 bits per heavy atom. The molecular formula is C16H15BrOS. The molecule has 0 saturated carbocycles. The van der Waals surface area contributed by atoms with Crippen molar-refractivity contribution in [3.8, 4) is 0 Å². The van der Waals surface area contributed by atoms with Crippen LogP contribution in [0.3, 0.4) is 0 Å². The van der Waals surface area contributed by atoms with Crippen molar-refractivity contribution >= 4 is 33.0 Å². The van der Waals surface area contributed by atoms with E-state index < -0.39 is 0 Å². The van der Waals surface area contributed by atoms with Gasteiger partial charge in [0.1, 0.15) is 0 Å². The zero-order valence-corrected chi connectivity index (χ0v) is 13.2. The number of ketones is 1. The third-order valence-electron chi connectivity index (χ3n) is 3.79. The number of hydrogen-bond acceptors (Lipinski definition) is 2. The molecule has 19 heavy (non-hydrogen) atoms. The van der Waals surface area contributed by atoms with Gasteiger partial charge < -0.3 is 0 Å². The van der Waals surface area contributed by atoms with Gasteiger partial charge in [-0.05, 0) is 59.3 Å². The molecular weight excluding hydrogens is 320 g/mol. The Morgan fingerprint density at radius 1 is 1.37 bits per heavy atom. The molecule has 3 heteroatoms. The van der Waals surface area contributed by atoms with Crippen LogP contribution in [0.4, 0.5) is 0 Å². The second-order valence-electron chi connectivity index (χ2n) is 5.02. The maximum absolute atomic E-state index is 12.7. The minimum Gasteiger partial charge on any atom is -0.293 e. The van der Waals surface area contributed by atoms with Gasteiger partial charge in [0.2, 0.25) is 0 Å². The number of thiophene rings is 1. The lowest BCUT2D eigenvalue weighted by molar-refractivity contribution is 0.0955. The molecule has 1 unspecified atom stereocenters. The molecule has 98 valence electrons. The van der Waals surface area contributed by atoms with Gasteiger partial charge in [0.15, 0.2) is 5.78 Å². The van der Waals surface area contributed by atoms with Crippen LogP contribution in [-0.2, 0) is 6.42 Å². The van der Waals surface area contributed by atoms with Gasteiger partial charge in [0.05, 0.1) is 4.88 Å². The Kier molecular flexibility index (Phi) is 3.59. The van der Waals surface area contributed by atoms with Crippen molar-refractivity contribution in [2.24, 2.45) is 0 Å². The van der Waals surface area contributed by atoms with Gasteiger partial charge in [-0.1, -0.05) is 24.3 Å². The molecule has 0 aliphatic heterocycles. The summed E-state index contributed by atoms with van der Waals surface area (Å²) in [5.74, 6) is 0.334. The minimum atomic E-state index is 0.0508. The predicted octanol–water partition coefficient (Wildman–Crippen LogP) is 5.12. The average molecular weight is 335 g/mol. The zero-order chi connectivity index (χ0) is 13.4. The number of hydrogen-bond donors (Lipinski definition) is 0. The maximum Gasteiger partial charge on any atom is 0.180 e. The van der Waals surface area contributed by atoms with Crippen molar-refractivity contribution in [1.29, 1.82) is 0 Å². The van der Waals surface area contributed by atoms with Crippen LogP contribution in [0.2, 0.25) is 0 Å². The maximum atomic E-state index is 12.7. The SMILES string of the molecule is Cc1sc(C(=O)C2CCCc3ccccc32)cc1Br. The standard InChI is InChI=1S/C16H15BrOS/c1-10-14(17)9-15(19-10)16(18)13-8-4-6-11-5-2-3-7-12(11)13/h2-3,5,7,9,13H,4,6,8H2,1H3. The lowest BCUT2D eigenvalue weighted by atomic mass is 9.80. The first-order chi connectivity index (χ1) is 9.16. The highest BCUT2D eigenvalue weighted by Gasteiger charge is 2.28. The van der Waals surface area contributed by atoms with Gasteiger partial charge in [-0.2, -0.15) is 0 Å². The lowest BCUT2D eigenvalue weighted by Crippen LogP contribution is -2.17. The number of carbonyl (C=O) groups excluding carboxylic acids is 1. The first-order valence-corrected chi connectivity index (χ1v) is 8.15. The minimum absolute atomic E-state index is 0.0508. The molecule has 0 saturated heterocycles. The van der Waals surface area contributed by atoms with Crippen molar-refractivity contribution < 1.29 is 4.79 Å². The molecule has 0 fully saturated rings. The fraction of sp³-hybridized carbons (Fsp3) is 0.312. The highest BCUT2D eigenvalue weighted by Crippen LogP contribution is 2.36. The van der Waals surface area contributed by atoms with Crippen molar-refractivity contribution in [2.75, 3.05) is 0 Å². The van der Waals surface area contributed by atoms with Crippen LogP contribution in [-0.4, -0.2) is 5.78 Å². The summed E-state index contributed by atoms with van der Waals surface area (Å²) in [5.41, 5.74) is 2.58. The first kappa shape index (κ1) is 13.1. The molecule has 1 aromatic carbocycles. The van der Waals surface area contributed by atoms with E-state index in [4.69, 9.17) is 0 Å². The van der Waals surface area contributed by atoms with Gasteiger partial charge in [0, 0.05) is 15.3 Å². The van der Waals surface area contributed by atoms with Gasteiger partial charge >= 0.3 is 0 Å². The third-order valence-corrected chi connectivity index (χ3v) is 5.94. The normalized spacial score (nSPS) is 18.1. The second kappa shape index (κ2) is 5.22. The Hall–Kier alpha value is -0.930. The summed E-state index contributed by atoms with van der Waals surface area (Å²) < 4.78 is 1.05. The number of fused-ring (bicyclic) bond motifs is 1. The molecule has 0 spiro atoms. The molecule has 3 rings (SSSR count). The predicted molar refractivity (Wildman–Crippen MR) is 83.2 cm³/mol. The van der Waals surface area contributed by atoms with Crippen LogP contribution in [0, 0.1) is 6.92 Å². The topological polar surface area (TPSA) is 17.1 Å². The summed E-state index contributed by atoms with van der Waals surface area (Å²) in [5, 5.41) is 0. The van der Waals surface area contributed by atoms with Crippen LogP contribution in [0.1, 0.15) is 44.4 Å². The highest BCUT2D eigenvalue weighted by molar-refractivity contribution is 9.10. The quantitative estimate of drug-likeness (QED) is 0.696. The molecule has 1 heterocycles.